The summed E-state index contributed by atoms with van der Waals surface area (Å²) in [6.45, 7) is 4.43. The van der Waals surface area contributed by atoms with Crippen LogP contribution in [-0.2, 0) is 16.5 Å². The largest absolute Gasteiger partial charge is 0.287 e. The molecular weight excluding hydrogens is 264 g/mol. The number of hydrogen-bond donors (Lipinski definition) is 1. The van der Waals surface area contributed by atoms with E-state index in [2.05, 4.69) is 19.9 Å². The fourth-order valence-corrected chi connectivity index (χ4v) is 3.86. The lowest BCUT2D eigenvalue weighted by molar-refractivity contribution is 0.494. The van der Waals surface area contributed by atoms with Gasteiger partial charge in [0, 0.05) is 0 Å². The Morgan fingerprint density at radius 3 is 2.61 bits per heavy atom. The molecule has 1 rings (SSSR count). The van der Waals surface area contributed by atoms with E-state index in [9.17, 15) is 8.42 Å². The minimum absolute atomic E-state index is 0.296. The van der Waals surface area contributed by atoms with Crippen molar-refractivity contribution in [1.82, 2.24) is 0 Å². The van der Waals surface area contributed by atoms with Crippen molar-refractivity contribution in [2.75, 3.05) is 0 Å². The molecule has 0 aromatic heterocycles. The van der Waals surface area contributed by atoms with Gasteiger partial charge in [-0.1, -0.05) is 55.4 Å². The van der Waals surface area contributed by atoms with Gasteiger partial charge in [-0.25, -0.2) is 0 Å². The lowest BCUT2D eigenvalue weighted by Crippen LogP contribution is -2.19. The molecule has 1 aromatic rings. The molecule has 0 aliphatic carbocycles. The summed E-state index contributed by atoms with van der Waals surface area (Å²) in [5.41, 5.74) is 1.17. The fraction of sp³-hybridized carbons (Fsp3) is 0.385. The Kier molecular flexibility index (Phi) is 5.78. The maximum Gasteiger partial charge on any atom is 0.287 e. The Labute approximate surface area is 111 Å². The molecule has 0 saturated carbocycles. The molecule has 0 fully saturated rings. The molecule has 3 nitrogen and oxygen atoms in total. The maximum atomic E-state index is 10.6. The van der Waals surface area contributed by atoms with Crippen LogP contribution < -0.4 is 5.19 Å². The highest BCUT2D eigenvalue weighted by Crippen LogP contribution is 2.03. The molecule has 0 amide bonds. The highest BCUT2D eigenvalue weighted by atomic mass is 32.2. The Morgan fingerprint density at radius 2 is 2.00 bits per heavy atom. The topological polar surface area (TPSA) is 54.4 Å². The van der Waals surface area contributed by atoms with Gasteiger partial charge in [0.2, 0.25) is 0 Å². The first kappa shape index (κ1) is 15.1. The summed E-state index contributed by atoms with van der Waals surface area (Å²) < 4.78 is 29.8. The molecule has 1 N–H and O–H groups in total. The lowest BCUT2D eigenvalue weighted by Gasteiger charge is -2.08. The second kappa shape index (κ2) is 6.87. The predicted molar refractivity (Wildman–Crippen MR) is 78.7 cm³/mol. The van der Waals surface area contributed by atoms with Crippen LogP contribution in [0.25, 0.3) is 0 Å². The van der Waals surface area contributed by atoms with Crippen LogP contribution >= 0.6 is 0 Å². The number of rotatable bonds is 6. The summed E-state index contributed by atoms with van der Waals surface area (Å²) >= 11 is 0. The van der Waals surface area contributed by atoms with Gasteiger partial charge in [-0.15, -0.1) is 0 Å². The van der Waals surface area contributed by atoms with Gasteiger partial charge in [0.1, 0.15) is 0 Å². The first-order valence-electron chi connectivity index (χ1n) is 6.09. The highest BCUT2D eigenvalue weighted by Gasteiger charge is 2.03. The Morgan fingerprint density at radius 1 is 1.33 bits per heavy atom. The minimum Gasteiger partial charge on any atom is -0.282 e. The molecule has 0 spiro atoms. The van der Waals surface area contributed by atoms with Crippen molar-refractivity contribution in [3.05, 3.63) is 41.3 Å². The van der Waals surface area contributed by atoms with Gasteiger partial charge in [-0.2, -0.15) is 8.42 Å². The quantitative estimate of drug-likeness (QED) is 0.636. The van der Waals surface area contributed by atoms with E-state index in [0.717, 1.165) is 5.41 Å². The van der Waals surface area contributed by atoms with Crippen molar-refractivity contribution >= 4 is 24.8 Å². The number of benzene rings is 1. The first-order valence-corrected chi connectivity index (χ1v) is 9.30. The van der Waals surface area contributed by atoms with E-state index >= 15 is 0 Å². The third kappa shape index (κ3) is 6.14. The van der Waals surface area contributed by atoms with Crippen molar-refractivity contribution < 1.29 is 13.0 Å². The van der Waals surface area contributed by atoms with E-state index in [-0.39, 0.29) is 9.52 Å². The average molecular weight is 284 g/mol. The van der Waals surface area contributed by atoms with Crippen molar-refractivity contribution in [2.24, 2.45) is 5.92 Å². The fourth-order valence-electron chi connectivity index (χ4n) is 1.74. The zero-order valence-electron chi connectivity index (χ0n) is 10.8. The van der Waals surface area contributed by atoms with E-state index in [4.69, 9.17) is 4.55 Å². The van der Waals surface area contributed by atoms with Crippen LogP contribution in [0.15, 0.2) is 35.7 Å². The Balaban J connectivity index is 2.73. The SMILES string of the molecule is CC(C)C[SiH2]c1ccccc1CC=CS(=O)(=O)O. The third-order valence-electron chi connectivity index (χ3n) is 2.72. The molecule has 1 aromatic carbocycles. The second-order valence-corrected chi connectivity index (χ2v) is 7.93. The van der Waals surface area contributed by atoms with E-state index in [1.165, 1.54) is 22.9 Å². The van der Waals surface area contributed by atoms with Crippen LogP contribution in [0.2, 0.25) is 6.04 Å². The normalized spacial score (nSPS) is 13.1. The monoisotopic (exact) mass is 284 g/mol. The van der Waals surface area contributed by atoms with E-state index < -0.39 is 10.1 Å². The van der Waals surface area contributed by atoms with Gasteiger partial charge in [0.25, 0.3) is 10.1 Å². The Bertz CT molecular complexity index is 507. The third-order valence-corrected chi connectivity index (χ3v) is 5.92. The zero-order valence-corrected chi connectivity index (χ0v) is 13.1. The maximum absolute atomic E-state index is 10.6. The van der Waals surface area contributed by atoms with Crippen LogP contribution in [0.3, 0.4) is 0 Å². The molecule has 0 aliphatic rings. The highest BCUT2D eigenvalue weighted by molar-refractivity contribution is 7.88. The number of hydrogen-bond acceptors (Lipinski definition) is 2. The van der Waals surface area contributed by atoms with Gasteiger partial charge < -0.3 is 0 Å². The van der Waals surface area contributed by atoms with Crippen molar-refractivity contribution in [2.45, 2.75) is 26.3 Å². The molecule has 0 bridgehead atoms. The van der Waals surface area contributed by atoms with E-state index in [1.807, 2.05) is 18.2 Å². The van der Waals surface area contributed by atoms with Gasteiger partial charge in [0.05, 0.1) is 14.9 Å². The summed E-state index contributed by atoms with van der Waals surface area (Å²) in [6.07, 6.45) is 2.05. The first-order chi connectivity index (χ1) is 8.38. The molecule has 0 unspecified atom stereocenters. The number of allylic oxidation sites excluding steroid dienone is 1. The van der Waals surface area contributed by atoms with Crippen molar-refractivity contribution in [3.8, 4) is 0 Å². The summed E-state index contributed by atoms with van der Waals surface area (Å²) in [7, 11) is -4.30. The molecule has 0 aliphatic heterocycles. The molecule has 0 radical (unpaired) electrons. The lowest BCUT2D eigenvalue weighted by atomic mass is 10.1. The molecule has 5 heteroatoms. The van der Waals surface area contributed by atoms with Gasteiger partial charge in [-0.05, 0) is 17.9 Å². The van der Waals surface area contributed by atoms with Gasteiger partial charge in [-0.3, -0.25) is 4.55 Å². The van der Waals surface area contributed by atoms with Crippen LogP contribution in [0.1, 0.15) is 19.4 Å². The smallest absolute Gasteiger partial charge is 0.282 e. The average Bonchev–Trinajstić information content (AvgIpc) is 2.26. The molecule has 0 heterocycles. The standard InChI is InChI=1S/C13H20O3SSi/c1-11(2)10-18-13-8-4-3-6-12(13)7-5-9-17(14,15)16/h3-6,8-9,11H,7,10,18H2,1-2H3,(H,14,15,16). The van der Waals surface area contributed by atoms with Crippen LogP contribution in [0.4, 0.5) is 0 Å². The van der Waals surface area contributed by atoms with Crippen LogP contribution in [0, 0.1) is 5.92 Å². The van der Waals surface area contributed by atoms with Crippen LogP contribution in [-0.4, -0.2) is 22.5 Å². The Hall–Kier alpha value is -0.913. The van der Waals surface area contributed by atoms with Crippen molar-refractivity contribution in [3.63, 3.8) is 0 Å². The second-order valence-electron chi connectivity index (χ2n) is 4.79. The predicted octanol–water partition coefficient (Wildman–Crippen LogP) is 1.50. The molecule has 18 heavy (non-hydrogen) atoms. The van der Waals surface area contributed by atoms with Gasteiger partial charge >= 0.3 is 0 Å². The van der Waals surface area contributed by atoms with E-state index in [0.29, 0.717) is 12.3 Å². The van der Waals surface area contributed by atoms with Crippen molar-refractivity contribution in [1.29, 1.82) is 0 Å². The molecular formula is C13H20O3SSi. The zero-order chi connectivity index (χ0) is 13.6. The molecule has 0 atom stereocenters. The summed E-state index contributed by atoms with van der Waals surface area (Å²) in [4.78, 5) is 0. The molecule has 0 saturated heterocycles. The summed E-state index contributed by atoms with van der Waals surface area (Å²) in [6, 6.07) is 9.39. The van der Waals surface area contributed by atoms with Gasteiger partial charge in [0.15, 0.2) is 0 Å². The summed E-state index contributed by atoms with van der Waals surface area (Å²) in [5.74, 6) is 0.707. The molecule has 100 valence electrons. The van der Waals surface area contributed by atoms with Crippen LogP contribution in [0.5, 0.6) is 0 Å². The van der Waals surface area contributed by atoms with E-state index in [1.54, 1.807) is 0 Å². The minimum atomic E-state index is -4.00. The summed E-state index contributed by atoms with van der Waals surface area (Å²) in [5, 5.41) is 2.24.